The van der Waals surface area contributed by atoms with Gasteiger partial charge in [0.25, 0.3) is 5.91 Å². The van der Waals surface area contributed by atoms with Crippen LogP contribution in [0, 0.1) is 12.7 Å². The van der Waals surface area contributed by atoms with Gasteiger partial charge in [-0.05, 0) is 49.2 Å². The van der Waals surface area contributed by atoms with Gasteiger partial charge in [0.05, 0.1) is 5.02 Å². The molecule has 0 spiro atoms. The summed E-state index contributed by atoms with van der Waals surface area (Å²) in [7, 11) is 0. The minimum atomic E-state index is -0.775. The molecule has 0 aliphatic heterocycles. The smallest absolute Gasteiger partial charge is 0.261 e. The molecule has 3 aromatic rings. The van der Waals surface area contributed by atoms with Crippen molar-refractivity contribution in [3.63, 3.8) is 0 Å². The Bertz CT molecular complexity index is 1090. The molecule has 3 rings (SSSR count). The van der Waals surface area contributed by atoms with Crippen molar-refractivity contribution in [2.75, 3.05) is 6.61 Å². The molecule has 0 fully saturated rings. The standard InChI is InChI=1S/C26H26ClFN2O3/c1-18-7-9-20(10-8-18)15-29-26(32)19(2)30(16-21-11-13-22(28)14-12-21)25(31)17-33-24-6-4-3-5-23(24)27/h3-14,19H,15-17H2,1-2H3,(H,29,32)/t19-/m1/s1. The molecule has 172 valence electrons. The van der Waals surface area contributed by atoms with Crippen molar-refractivity contribution in [2.45, 2.75) is 33.0 Å². The Balaban J connectivity index is 1.70. The number of amides is 2. The number of ether oxygens (including phenoxy) is 1. The van der Waals surface area contributed by atoms with Crippen LogP contribution in [-0.2, 0) is 22.7 Å². The Morgan fingerprint density at radius 2 is 1.64 bits per heavy atom. The Labute approximate surface area is 198 Å². The van der Waals surface area contributed by atoms with Gasteiger partial charge < -0.3 is 15.0 Å². The third-order valence-electron chi connectivity index (χ3n) is 5.21. The van der Waals surface area contributed by atoms with Gasteiger partial charge in [0.1, 0.15) is 17.6 Å². The van der Waals surface area contributed by atoms with Crippen molar-refractivity contribution in [2.24, 2.45) is 0 Å². The van der Waals surface area contributed by atoms with Gasteiger partial charge in [-0.15, -0.1) is 0 Å². The second kappa shape index (κ2) is 11.5. The summed E-state index contributed by atoms with van der Waals surface area (Å²) in [6.45, 7) is 3.83. The van der Waals surface area contributed by atoms with E-state index in [1.54, 1.807) is 43.3 Å². The topological polar surface area (TPSA) is 58.6 Å². The molecule has 7 heteroatoms. The quantitative estimate of drug-likeness (QED) is 0.486. The summed E-state index contributed by atoms with van der Waals surface area (Å²) in [4.78, 5) is 27.3. The van der Waals surface area contributed by atoms with Gasteiger partial charge in [0, 0.05) is 13.1 Å². The van der Waals surface area contributed by atoms with Gasteiger partial charge in [-0.2, -0.15) is 0 Å². The lowest BCUT2D eigenvalue weighted by Gasteiger charge is -2.29. The summed E-state index contributed by atoms with van der Waals surface area (Å²) in [5.74, 6) is -0.686. The number of para-hydroxylation sites is 1. The number of carbonyl (C=O) groups excluding carboxylic acids is 2. The summed E-state index contributed by atoms with van der Waals surface area (Å²) < 4.78 is 18.9. The normalized spacial score (nSPS) is 11.5. The van der Waals surface area contributed by atoms with E-state index in [2.05, 4.69) is 5.32 Å². The zero-order valence-electron chi connectivity index (χ0n) is 18.6. The number of nitrogens with zero attached hydrogens (tertiary/aromatic N) is 1. The van der Waals surface area contributed by atoms with E-state index in [0.29, 0.717) is 22.9 Å². The molecule has 0 unspecified atom stereocenters. The predicted octanol–water partition coefficient (Wildman–Crippen LogP) is 4.90. The highest BCUT2D eigenvalue weighted by Gasteiger charge is 2.26. The van der Waals surface area contributed by atoms with Crippen LogP contribution in [-0.4, -0.2) is 29.4 Å². The first-order chi connectivity index (χ1) is 15.8. The summed E-state index contributed by atoms with van der Waals surface area (Å²) in [5.41, 5.74) is 2.79. The van der Waals surface area contributed by atoms with Crippen LogP contribution in [0.4, 0.5) is 4.39 Å². The fourth-order valence-corrected chi connectivity index (χ4v) is 3.39. The van der Waals surface area contributed by atoms with Crippen molar-refractivity contribution in [3.8, 4) is 5.75 Å². The lowest BCUT2D eigenvalue weighted by Crippen LogP contribution is -2.48. The number of hydrogen-bond acceptors (Lipinski definition) is 3. The molecule has 0 aromatic heterocycles. The van der Waals surface area contributed by atoms with E-state index in [1.807, 2.05) is 31.2 Å². The van der Waals surface area contributed by atoms with Crippen LogP contribution in [0.2, 0.25) is 5.02 Å². The molecule has 0 saturated carbocycles. The van der Waals surface area contributed by atoms with Gasteiger partial charge in [-0.3, -0.25) is 9.59 Å². The zero-order valence-corrected chi connectivity index (χ0v) is 19.3. The number of hydrogen-bond donors (Lipinski definition) is 1. The molecule has 1 N–H and O–H groups in total. The van der Waals surface area contributed by atoms with Crippen LogP contribution in [0.25, 0.3) is 0 Å². The molecule has 5 nitrogen and oxygen atoms in total. The number of halogens is 2. The Kier molecular flexibility index (Phi) is 8.44. The molecule has 0 aliphatic carbocycles. The average Bonchev–Trinajstić information content (AvgIpc) is 2.82. The third-order valence-corrected chi connectivity index (χ3v) is 5.52. The van der Waals surface area contributed by atoms with Gasteiger partial charge in [-0.25, -0.2) is 4.39 Å². The largest absolute Gasteiger partial charge is 0.482 e. The molecule has 0 radical (unpaired) electrons. The molecule has 0 heterocycles. The highest BCUT2D eigenvalue weighted by Crippen LogP contribution is 2.23. The van der Waals surface area contributed by atoms with Gasteiger partial charge >= 0.3 is 0 Å². The fourth-order valence-electron chi connectivity index (χ4n) is 3.20. The van der Waals surface area contributed by atoms with E-state index in [-0.39, 0.29) is 24.9 Å². The Hall–Kier alpha value is -3.38. The van der Waals surface area contributed by atoms with Crippen LogP contribution in [0.3, 0.4) is 0 Å². The highest BCUT2D eigenvalue weighted by atomic mass is 35.5. The molecule has 0 aliphatic rings. The third kappa shape index (κ3) is 7.05. The lowest BCUT2D eigenvalue weighted by atomic mass is 10.1. The first kappa shape index (κ1) is 24.3. The van der Waals surface area contributed by atoms with E-state index < -0.39 is 11.9 Å². The van der Waals surface area contributed by atoms with Gasteiger partial charge in [0.15, 0.2) is 6.61 Å². The summed E-state index contributed by atoms with van der Waals surface area (Å²) in [6, 6.07) is 19.7. The number of nitrogens with one attached hydrogen (secondary N) is 1. The molecule has 3 aromatic carbocycles. The van der Waals surface area contributed by atoms with Crippen molar-refractivity contribution < 1.29 is 18.7 Å². The SMILES string of the molecule is Cc1ccc(CNC(=O)[C@@H](C)N(Cc2ccc(F)cc2)C(=O)COc2ccccc2Cl)cc1. The van der Waals surface area contributed by atoms with Crippen LogP contribution >= 0.6 is 11.6 Å². The first-order valence-corrected chi connectivity index (χ1v) is 11.0. The molecular formula is C26H26ClFN2O3. The fraction of sp³-hybridized carbons (Fsp3) is 0.231. The Morgan fingerprint density at radius 1 is 1.00 bits per heavy atom. The minimum absolute atomic E-state index is 0.129. The number of aryl methyl sites for hydroxylation is 1. The van der Waals surface area contributed by atoms with Crippen molar-refractivity contribution in [1.29, 1.82) is 0 Å². The average molecular weight is 469 g/mol. The molecule has 1 atom stereocenters. The van der Waals surface area contributed by atoms with Crippen molar-refractivity contribution in [1.82, 2.24) is 10.2 Å². The van der Waals surface area contributed by atoms with Gasteiger partial charge in [-0.1, -0.05) is 65.7 Å². The summed E-state index contributed by atoms with van der Waals surface area (Å²) >= 11 is 6.10. The second-order valence-electron chi connectivity index (χ2n) is 7.75. The maximum Gasteiger partial charge on any atom is 0.261 e. The summed E-state index contributed by atoms with van der Waals surface area (Å²) in [5, 5.41) is 3.26. The van der Waals surface area contributed by atoms with Crippen LogP contribution in [0.5, 0.6) is 5.75 Å². The number of carbonyl (C=O) groups is 2. The molecule has 33 heavy (non-hydrogen) atoms. The van der Waals surface area contributed by atoms with Crippen LogP contribution < -0.4 is 10.1 Å². The van der Waals surface area contributed by atoms with E-state index in [1.165, 1.54) is 17.0 Å². The molecule has 2 amide bonds. The Morgan fingerprint density at radius 3 is 2.30 bits per heavy atom. The minimum Gasteiger partial charge on any atom is -0.482 e. The number of rotatable bonds is 9. The van der Waals surface area contributed by atoms with E-state index in [4.69, 9.17) is 16.3 Å². The maximum absolute atomic E-state index is 13.3. The first-order valence-electron chi connectivity index (χ1n) is 10.6. The lowest BCUT2D eigenvalue weighted by molar-refractivity contribution is -0.142. The number of benzene rings is 3. The van der Waals surface area contributed by atoms with Crippen LogP contribution in [0.1, 0.15) is 23.6 Å². The predicted molar refractivity (Wildman–Crippen MR) is 126 cm³/mol. The van der Waals surface area contributed by atoms with Crippen molar-refractivity contribution >= 4 is 23.4 Å². The van der Waals surface area contributed by atoms with Crippen molar-refractivity contribution in [3.05, 3.63) is 100 Å². The van der Waals surface area contributed by atoms with Crippen LogP contribution in [0.15, 0.2) is 72.8 Å². The zero-order chi connectivity index (χ0) is 23.8. The monoisotopic (exact) mass is 468 g/mol. The second-order valence-corrected chi connectivity index (χ2v) is 8.15. The summed E-state index contributed by atoms with van der Waals surface area (Å²) in [6.07, 6.45) is 0. The molecular weight excluding hydrogens is 443 g/mol. The van der Waals surface area contributed by atoms with E-state index in [0.717, 1.165) is 11.1 Å². The molecule has 0 saturated heterocycles. The maximum atomic E-state index is 13.3. The van der Waals surface area contributed by atoms with Gasteiger partial charge in [0.2, 0.25) is 5.91 Å². The van der Waals surface area contributed by atoms with E-state index >= 15 is 0 Å². The molecule has 0 bridgehead atoms. The van der Waals surface area contributed by atoms with E-state index in [9.17, 15) is 14.0 Å². The highest BCUT2D eigenvalue weighted by molar-refractivity contribution is 6.32.